The maximum absolute atomic E-state index is 12.7. The molecule has 2 unspecified atom stereocenters. The number of nitrogens with one attached hydrogen (secondary N) is 1. The summed E-state index contributed by atoms with van der Waals surface area (Å²) in [6.45, 7) is 10.2. The molecule has 0 aromatic heterocycles. The summed E-state index contributed by atoms with van der Waals surface area (Å²) < 4.78 is 33.9. The molecule has 0 bridgehead atoms. The molecule has 2 rings (SSSR count). The smallest absolute Gasteiger partial charge is 0.217 e. The molecule has 0 radical (unpaired) electrons. The molecule has 5 heteroatoms. The van der Waals surface area contributed by atoms with Crippen molar-refractivity contribution in [2.75, 3.05) is 6.61 Å². The maximum Gasteiger partial charge on any atom is 0.217 e. The van der Waals surface area contributed by atoms with Crippen LogP contribution in [0.4, 0.5) is 0 Å². The van der Waals surface area contributed by atoms with Crippen molar-refractivity contribution >= 4 is 10.0 Å². The number of hydrogen-bond acceptors (Lipinski definition) is 3. The molecule has 1 aromatic rings. The normalized spacial score (nSPS) is 22.9. The minimum absolute atomic E-state index is 0.173. The van der Waals surface area contributed by atoms with Crippen LogP contribution in [0.1, 0.15) is 51.3 Å². The van der Waals surface area contributed by atoms with Crippen LogP contribution in [0.25, 0.3) is 0 Å². The first-order valence-electron chi connectivity index (χ1n) is 7.82. The fourth-order valence-corrected chi connectivity index (χ4v) is 4.73. The highest BCUT2D eigenvalue weighted by molar-refractivity contribution is 7.90. The Balaban J connectivity index is 2.21. The molecule has 1 aliphatic rings. The maximum atomic E-state index is 12.7. The van der Waals surface area contributed by atoms with Crippen LogP contribution in [0.5, 0.6) is 0 Å². The number of sulfonamides is 1. The van der Waals surface area contributed by atoms with Crippen LogP contribution >= 0.6 is 0 Å². The van der Waals surface area contributed by atoms with Gasteiger partial charge in [-0.3, -0.25) is 0 Å². The molecule has 1 N–H and O–H groups in total. The van der Waals surface area contributed by atoms with Crippen molar-refractivity contribution in [2.45, 2.75) is 57.9 Å². The molecular weight excluding hydrogens is 298 g/mol. The molecule has 22 heavy (non-hydrogen) atoms. The molecule has 1 aliphatic heterocycles. The zero-order valence-electron chi connectivity index (χ0n) is 14.1. The standard InChI is InChI=1S/C17H27NO3S/c1-12(2)16(14-8-6-7-13(3)9-14)18-22(19,20)15-10-17(4,5)21-11-15/h6-9,12,15-16,18H,10-11H2,1-5H3. The lowest BCUT2D eigenvalue weighted by Crippen LogP contribution is -2.39. The third-order valence-corrected chi connectivity index (χ3v) is 5.94. The van der Waals surface area contributed by atoms with Gasteiger partial charge < -0.3 is 4.74 Å². The molecule has 1 heterocycles. The molecule has 0 saturated carbocycles. The van der Waals surface area contributed by atoms with Crippen molar-refractivity contribution in [3.63, 3.8) is 0 Å². The van der Waals surface area contributed by atoms with Gasteiger partial charge in [-0.1, -0.05) is 43.7 Å². The molecule has 124 valence electrons. The second-order valence-electron chi connectivity index (χ2n) is 7.20. The average Bonchev–Trinajstić information content (AvgIpc) is 2.77. The van der Waals surface area contributed by atoms with Crippen molar-refractivity contribution in [1.82, 2.24) is 4.72 Å². The Kier molecular flexibility index (Phi) is 5.00. The second kappa shape index (κ2) is 6.30. The molecule has 0 spiro atoms. The van der Waals surface area contributed by atoms with Crippen LogP contribution in [0.3, 0.4) is 0 Å². The van der Waals surface area contributed by atoms with Gasteiger partial charge in [0.25, 0.3) is 0 Å². The van der Waals surface area contributed by atoms with Gasteiger partial charge in [0.1, 0.15) is 5.25 Å². The van der Waals surface area contributed by atoms with E-state index in [-0.39, 0.29) is 24.2 Å². The first-order valence-corrected chi connectivity index (χ1v) is 9.37. The van der Waals surface area contributed by atoms with E-state index in [2.05, 4.69) is 4.72 Å². The summed E-state index contributed by atoms with van der Waals surface area (Å²) in [6, 6.07) is 7.80. The van der Waals surface area contributed by atoms with E-state index >= 15 is 0 Å². The molecule has 0 aliphatic carbocycles. The summed E-state index contributed by atoms with van der Waals surface area (Å²) in [4.78, 5) is 0. The van der Waals surface area contributed by atoms with E-state index in [0.29, 0.717) is 6.42 Å². The van der Waals surface area contributed by atoms with E-state index in [4.69, 9.17) is 4.74 Å². The number of ether oxygens (including phenoxy) is 1. The monoisotopic (exact) mass is 325 g/mol. The number of aryl methyl sites for hydroxylation is 1. The molecule has 1 aromatic carbocycles. The van der Waals surface area contributed by atoms with E-state index in [0.717, 1.165) is 11.1 Å². The van der Waals surface area contributed by atoms with E-state index < -0.39 is 15.3 Å². The highest BCUT2D eigenvalue weighted by Gasteiger charge is 2.40. The number of hydrogen-bond donors (Lipinski definition) is 1. The van der Waals surface area contributed by atoms with E-state index in [1.54, 1.807) is 0 Å². The molecule has 4 nitrogen and oxygen atoms in total. The van der Waals surface area contributed by atoms with Gasteiger partial charge in [-0.15, -0.1) is 0 Å². The van der Waals surface area contributed by atoms with Crippen LogP contribution in [-0.4, -0.2) is 25.9 Å². The van der Waals surface area contributed by atoms with Gasteiger partial charge in [0.15, 0.2) is 0 Å². The lowest BCUT2D eigenvalue weighted by atomic mass is 9.96. The Morgan fingerprint density at radius 1 is 1.32 bits per heavy atom. The zero-order valence-corrected chi connectivity index (χ0v) is 14.9. The molecular formula is C17H27NO3S. The summed E-state index contributed by atoms with van der Waals surface area (Å²) in [5.41, 5.74) is 1.78. The Hall–Kier alpha value is -0.910. The molecule has 1 saturated heterocycles. The quantitative estimate of drug-likeness (QED) is 0.904. The number of rotatable bonds is 5. The Labute approximate surface area is 134 Å². The minimum atomic E-state index is -3.41. The van der Waals surface area contributed by atoms with Crippen LogP contribution in [0.15, 0.2) is 24.3 Å². The van der Waals surface area contributed by atoms with Crippen molar-refractivity contribution in [1.29, 1.82) is 0 Å². The van der Waals surface area contributed by atoms with Crippen molar-refractivity contribution in [2.24, 2.45) is 5.92 Å². The molecule has 0 amide bonds. The number of benzene rings is 1. The summed E-state index contributed by atoms with van der Waals surface area (Å²) in [6.07, 6.45) is 0.529. The van der Waals surface area contributed by atoms with Crippen molar-refractivity contribution < 1.29 is 13.2 Å². The van der Waals surface area contributed by atoms with E-state index in [9.17, 15) is 8.42 Å². The van der Waals surface area contributed by atoms with Crippen molar-refractivity contribution in [3.05, 3.63) is 35.4 Å². The van der Waals surface area contributed by atoms with Crippen LogP contribution < -0.4 is 4.72 Å². The Bertz CT molecular complexity index is 623. The van der Waals surface area contributed by atoms with Gasteiger partial charge >= 0.3 is 0 Å². The lowest BCUT2D eigenvalue weighted by Gasteiger charge is -2.25. The van der Waals surface area contributed by atoms with E-state index in [1.807, 2.05) is 58.9 Å². The molecule has 2 atom stereocenters. The predicted molar refractivity (Wildman–Crippen MR) is 89.2 cm³/mol. The summed E-state index contributed by atoms with van der Waals surface area (Å²) >= 11 is 0. The van der Waals surface area contributed by atoms with Crippen LogP contribution in [-0.2, 0) is 14.8 Å². The summed E-state index contributed by atoms with van der Waals surface area (Å²) in [7, 11) is -3.41. The first-order chi connectivity index (χ1) is 10.1. The van der Waals surface area contributed by atoms with Gasteiger partial charge in [0.05, 0.1) is 12.2 Å². The third kappa shape index (κ3) is 4.09. The van der Waals surface area contributed by atoms with Gasteiger partial charge in [0.2, 0.25) is 10.0 Å². The average molecular weight is 325 g/mol. The van der Waals surface area contributed by atoms with Gasteiger partial charge in [-0.2, -0.15) is 0 Å². The first kappa shape index (κ1) is 17.4. The van der Waals surface area contributed by atoms with Gasteiger partial charge in [-0.05, 0) is 38.7 Å². The highest BCUT2D eigenvalue weighted by Crippen LogP contribution is 2.31. The molecule has 1 fully saturated rings. The minimum Gasteiger partial charge on any atom is -0.374 e. The van der Waals surface area contributed by atoms with Crippen LogP contribution in [0.2, 0.25) is 0 Å². The largest absolute Gasteiger partial charge is 0.374 e. The fourth-order valence-electron chi connectivity index (χ4n) is 2.91. The second-order valence-corrected chi connectivity index (χ2v) is 9.19. The highest BCUT2D eigenvalue weighted by atomic mass is 32.2. The SMILES string of the molecule is Cc1cccc(C(NS(=O)(=O)C2COC(C)(C)C2)C(C)C)c1. The van der Waals surface area contributed by atoms with E-state index in [1.165, 1.54) is 0 Å². The lowest BCUT2D eigenvalue weighted by molar-refractivity contribution is 0.0367. The topological polar surface area (TPSA) is 55.4 Å². The zero-order chi connectivity index (χ0) is 16.5. The summed E-state index contributed by atoms with van der Waals surface area (Å²) in [5, 5.41) is -0.478. The predicted octanol–water partition coefficient (Wildman–Crippen LogP) is 3.18. The fraction of sp³-hybridized carbons (Fsp3) is 0.647. The van der Waals surface area contributed by atoms with Crippen LogP contribution in [0, 0.1) is 12.8 Å². The summed E-state index contributed by atoms with van der Waals surface area (Å²) in [5.74, 6) is 0.173. The Morgan fingerprint density at radius 2 is 2.00 bits per heavy atom. The third-order valence-electron chi connectivity index (χ3n) is 4.18. The van der Waals surface area contributed by atoms with Gasteiger partial charge in [-0.25, -0.2) is 13.1 Å². The van der Waals surface area contributed by atoms with Crippen molar-refractivity contribution in [3.8, 4) is 0 Å². The Morgan fingerprint density at radius 3 is 2.50 bits per heavy atom. The van der Waals surface area contributed by atoms with Gasteiger partial charge in [0, 0.05) is 6.04 Å².